The van der Waals surface area contributed by atoms with Crippen LogP contribution in [-0.2, 0) is 4.74 Å². The number of ether oxygens (including phenoxy) is 1. The second kappa shape index (κ2) is 8.25. The van der Waals surface area contributed by atoms with E-state index in [1.165, 1.54) is 30.7 Å². The van der Waals surface area contributed by atoms with Crippen molar-refractivity contribution in [1.29, 1.82) is 0 Å². The first-order valence-corrected chi connectivity index (χ1v) is 10.4. The van der Waals surface area contributed by atoms with Crippen LogP contribution in [0.2, 0.25) is 0 Å². The molecule has 2 aliphatic rings. The number of piperidine rings is 2. The molecule has 0 N–H and O–H groups in total. The summed E-state index contributed by atoms with van der Waals surface area (Å²) in [5.74, 6) is 0.122. The molecule has 0 aliphatic carbocycles. The normalized spacial score (nSPS) is 23.8. The van der Waals surface area contributed by atoms with E-state index in [0.29, 0.717) is 18.2 Å². The van der Waals surface area contributed by atoms with Crippen LogP contribution in [0.1, 0.15) is 49.2 Å². The molecule has 134 valence electrons. The monoisotopic (exact) mass is 415 g/mol. The third-order valence-corrected chi connectivity index (χ3v) is 6.29. The first-order valence-electron chi connectivity index (χ1n) is 8.83. The zero-order chi connectivity index (χ0) is 17.1. The number of hydrogen-bond donors (Lipinski definition) is 0. The number of hydrogen-bond acceptors (Lipinski definition) is 5. The minimum atomic E-state index is 0.122. The number of likely N-dealkylation sites (tertiary alicyclic amines) is 2. The van der Waals surface area contributed by atoms with Gasteiger partial charge in [-0.15, -0.1) is 11.3 Å². The molecule has 7 heteroatoms. The Kier molecular flexibility index (Phi) is 6.29. The number of aromatic nitrogens is 1. The highest BCUT2D eigenvalue weighted by Gasteiger charge is 2.31. The Bertz CT molecular complexity index is 558. The zero-order valence-electron chi connectivity index (χ0n) is 14.4. The van der Waals surface area contributed by atoms with Crippen molar-refractivity contribution in [2.75, 3.05) is 26.2 Å². The van der Waals surface area contributed by atoms with Crippen molar-refractivity contribution in [1.82, 2.24) is 14.8 Å². The Labute approximate surface area is 156 Å². The number of carbonyl (C=O) groups excluding carboxylic acids is 1. The molecule has 0 spiro atoms. The fourth-order valence-electron chi connectivity index (χ4n) is 3.74. The summed E-state index contributed by atoms with van der Waals surface area (Å²) in [6.45, 7) is 8.11. The average molecular weight is 416 g/mol. The molecule has 2 aliphatic heterocycles. The Morgan fingerprint density at radius 3 is 2.71 bits per heavy atom. The summed E-state index contributed by atoms with van der Waals surface area (Å²) in [6.07, 6.45) is 6.83. The minimum Gasteiger partial charge on any atom is -0.374 e. The molecule has 2 saturated heterocycles. The highest BCUT2D eigenvalue weighted by Crippen LogP contribution is 2.25. The van der Waals surface area contributed by atoms with E-state index in [9.17, 15) is 4.79 Å². The molecular weight excluding hydrogens is 390 g/mol. The Morgan fingerprint density at radius 2 is 2.08 bits per heavy atom. The first-order chi connectivity index (χ1) is 11.5. The number of nitrogens with zero attached hydrogens (tertiary/aromatic N) is 3. The van der Waals surface area contributed by atoms with E-state index in [1.54, 1.807) is 6.20 Å². The molecule has 3 rings (SSSR count). The van der Waals surface area contributed by atoms with Gasteiger partial charge in [0, 0.05) is 25.7 Å². The maximum Gasteiger partial charge on any atom is 0.265 e. The molecule has 0 saturated carbocycles. The predicted octanol–water partition coefficient (Wildman–Crippen LogP) is 3.40. The molecule has 3 heterocycles. The lowest BCUT2D eigenvalue weighted by atomic mass is 9.98. The summed E-state index contributed by atoms with van der Waals surface area (Å²) in [5, 5.41) is 0. The summed E-state index contributed by atoms with van der Waals surface area (Å²) in [6, 6.07) is 0.584. The van der Waals surface area contributed by atoms with Crippen molar-refractivity contribution >= 4 is 33.2 Å². The largest absolute Gasteiger partial charge is 0.374 e. The van der Waals surface area contributed by atoms with Gasteiger partial charge < -0.3 is 9.64 Å². The fourth-order valence-corrected chi connectivity index (χ4v) is 4.97. The van der Waals surface area contributed by atoms with Gasteiger partial charge in [-0.25, -0.2) is 4.98 Å². The molecule has 24 heavy (non-hydrogen) atoms. The first kappa shape index (κ1) is 18.3. The number of thiazole rings is 1. The van der Waals surface area contributed by atoms with Crippen LogP contribution in [0.15, 0.2) is 10.1 Å². The van der Waals surface area contributed by atoms with Crippen molar-refractivity contribution in [3.63, 3.8) is 0 Å². The van der Waals surface area contributed by atoms with Gasteiger partial charge in [-0.05, 0) is 62.0 Å². The number of amides is 1. The maximum absolute atomic E-state index is 12.5. The summed E-state index contributed by atoms with van der Waals surface area (Å²) >= 11 is 4.74. The Balaban J connectivity index is 1.50. The van der Waals surface area contributed by atoms with E-state index in [2.05, 4.69) is 39.7 Å². The van der Waals surface area contributed by atoms with Crippen LogP contribution < -0.4 is 0 Å². The van der Waals surface area contributed by atoms with Crippen LogP contribution in [0, 0.1) is 0 Å². The molecule has 5 nitrogen and oxygen atoms in total. The predicted molar refractivity (Wildman–Crippen MR) is 99.6 cm³/mol. The minimum absolute atomic E-state index is 0.122. The van der Waals surface area contributed by atoms with E-state index < -0.39 is 0 Å². The van der Waals surface area contributed by atoms with Crippen LogP contribution >= 0.6 is 27.3 Å². The zero-order valence-corrected chi connectivity index (χ0v) is 16.8. The fraction of sp³-hybridized carbons (Fsp3) is 0.765. The van der Waals surface area contributed by atoms with E-state index in [4.69, 9.17) is 4.74 Å². The second-order valence-electron chi connectivity index (χ2n) is 6.94. The molecule has 1 amide bonds. The molecule has 0 radical (unpaired) electrons. The molecule has 1 atom stereocenters. The van der Waals surface area contributed by atoms with Crippen molar-refractivity contribution < 1.29 is 9.53 Å². The third-order valence-electron chi connectivity index (χ3n) is 4.83. The summed E-state index contributed by atoms with van der Waals surface area (Å²) in [4.78, 5) is 21.9. The average Bonchev–Trinajstić information content (AvgIpc) is 3.00. The molecule has 1 unspecified atom stereocenters. The Morgan fingerprint density at radius 1 is 1.33 bits per heavy atom. The molecule has 1 aromatic heterocycles. The summed E-state index contributed by atoms with van der Waals surface area (Å²) in [7, 11) is 0. The van der Waals surface area contributed by atoms with Crippen LogP contribution in [0.3, 0.4) is 0 Å². The van der Waals surface area contributed by atoms with Crippen LogP contribution in [0.4, 0.5) is 0 Å². The molecule has 1 aromatic rings. The second-order valence-corrected chi connectivity index (χ2v) is 9.25. The van der Waals surface area contributed by atoms with E-state index in [0.717, 1.165) is 41.3 Å². The van der Waals surface area contributed by atoms with Crippen LogP contribution in [0.5, 0.6) is 0 Å². The van der Waals surface area contributed by atoms with Gasteiger partial charge in [0.1, 0.15) is 4.88 Å². The van der Waals surface area contributed by atoms with Gasteiger partial charge in [-0.3, -0.25) is 9.69 Å². The smallest absolute Gasteiger partial charge is 0.265 e. The SMILES string of the molecule is CC(C)OC1CCCN(C2CCN(C(=O)c3cnc(Br)s3)CC2)C1. The van der Waals surface area contributed by atoms with Crippen molar-refractivity contribution in [3.05, 3.63) is 15.0 Å². The van der Waals surface area contributed by atoms with Gasteiger partial charge in [0.25, 0.3) is 5.91 Å². The molecule has 2 fully saturated rings. The number of carbonyl (C=O) groups is 1. The van der Waals surface area contributed by atoms with E-state index >= 15 is 0 Å². The maximum atomic E-state index is 12.5. The lowest BCUT2D eigenvalue weighted by Gasteiger charge is -2.42. The number of halogens is 1. The quantitative estimate of drug-likeness (QED) is 0.755. The topological polar surface area (TPSA) is 45.7 Å². The lowest BCUT2D eigenvalue weighted by Crippen LogP contribution is -2.51. The number of rotatable bonds is 4. The third kappa shape index (κ3) is 4.56. The van der Waals surface area contributed by atoms with Gasteiger partial charge in [0.05, 0.1) is 18.4 Å². The van der Waals surface area contributed by atoms with Gasteiger partial charge in [0.2, 0.25) is 0 Å². The standard InChI is InChI=1S/C17H26BrN3O2S/c1-12(2)23-14-4-3-7-21(11-14)13-5-8-20(9-6-13)16(22)15-10-19-17(18)24-15/h10,12-14H,3-9,11H2,1-2H3. The highest BCUT2D eigenvalue weighted by atomic mass is 79.9. The summed E-state index contributed by atoms with van der Waals surface area (Å²) in [5.41, 5.74) is 0. The van der Waals surface area contributed by atoms with Gasteiger partial charge in [-0.2, -0.15) is 0 Å². The van der Waals surface area contributed by atoms with Gasteiger partial charge in [0.15, 0.2) is 3.92 Å². The lowest BCUT2D eigenvalue weighted by molar-refractivity contribution is -0.0471. The Hall–Kier alpha value is -0.500. The van der Waals surface area contributed by atoms with E-state index in [-0.39, 0.29) is 5.91 Å². The molecule has 0 aromatic carbocycles. The molecular formula is C17H26BrN3O2S. The van der Waals surface area contributed by atoms with Crippen LogP contribution in [-0.4, -0.2) is 65.1 Å². The van der Waals surface area contributed by atoms with Crippen LogP contribution in [0.25, 0.3) is 0 Å². The highest BCUT2D eigenvalue weighted by molar-refractivity contribution is 9.11. The molecule has 0 bridgehead atoms. The van der Waals surface area contributed by atoms with Crippen molar-refractivity contribution in [3.8, 4) is 0 Å². The van der Waals surface area contributed by atoms with Crippen molar-refractivity contribution in [2.45, 2.75) is 57.8 Å². The van der Waals surface area contributed by atoms with E-state index in [1.807, 2.05) is 4.90 Å². The van der Waals surface area contributed by atoms with Crippen molar-refractivity contribution in [2.24, 2.45) is 0 Å². The van der Waals surface area contributed by atoms with Gasteiger partial charge >= 0.3 is 0 Å². The summed E-state index contributed by atoms with van der Waals surface area (Å²) < 4.78 is 6.78. The van der Waals surface area contributed by atoms with Gasteiger partial charge in [-0.1, -0.05) is 0 Å².